The second-order valence-corrected chi connectivity index (χ2v) is 6.58. The zero-order valence-electron chi connectivity index (χ0n) is 11.6. The summed E-state index contributed by atoms with van der Waals surface area (Å²) in [6.07, 6.45) is 1.74. The number of rotatable bonds is 6. The molecule has 1 aromatic heterocycles. The lowest BCUT2D eigenvalue weighted by atomic mass is 10.2. The van der Waals surface area contributed by atoms with E-state index in [9.17, 15) is 4.79 Å². The van der Waals surface area contributed by atoms with E-state index in [-0.39, 0.29) is 12.5 Å². The van der Waals surface area contributed by atoms with E-state index in [1.165, 1.54) is 18.4 Å². The highest BCUT2D eigenvalue weighted by Gasteiger charge is 2.14. The molecule has 21 heavy (non-hydrogen) atoms. The van der Waals surface area contributed by atoms with E-state index in [2.05, 4.69) is 20.9 Å². The molecule has 0 amide bonds. The summed E-state index contributed by atoms with van der Waals surface area (Å²) in [4.78, 5) is 18.6. The monoisotopic (exact) mass is 369 g/mol. The molecule has 0 spiro atoms. The maximum Gasteiger partial charge on any atom is 0.319 e. The average Bonchev–Trinajstić information content (AvgIpc) is 2.84. The number of carbonyl (C=O) groups is 1. The van der Waals surface area contributed by atoms with Crippen LogP contribution in [0, 0.1) is 0 Å². The molecule has 2 rings (SSSR count). The van der Waals surface area contributed by atoms with Gasteiger partial charge >= 0.3 is 5.97 Å². The number of nitrogens with two attached hydrogens (primary N) is 1. The normalized spacial score (nSPS) is 10.8. The lowest BCUT2D eigenvalue weighted by Gasteiger charge is -2.20. The SMILES string of the molecule is COC(=O)CN(Cc1cccc(Br)c1)Cc1cnc(N)s1. The molecule has 0 bridgehead atoms. The summed E-state index contributed by atoms with van der Waals surface area (Å²) in [5.74, 6) is -0.262. The highest BCUT2D eigenvalue weighted by Crippen LogP contribution is 2.19. The van der Waals surface area contributed by atoms with Crippen LogP contribution in [-0.4, -0.2) is 29.5 Å². The van der Waals surface area contributed by atoms with Gasteiger partial charge in [0, 0.05) is 28.6 Å². The molecule has 0 atom stereocenters. The number of nitrogens with zero attached hydrogens (tertiary/aromatic N) is 2. The van der Waals surface area contributed by atoms with Crippen LogP contribution in [-0.2, 0) is 22.6 Å². The van der Waals surface area contributed by atoms with Crippen molar-refractivity contribution in [1.82, 2.24) is 9.88 Å². The first-order valence-corrected chi connectivity index (χ1v) is 7.91. The van der Waals surface area contributed by atoms with Gasteiger partial charge in [-0.05, 0) is 17.7 Å². The molecule has 7 heteroatoms. The van der Waals surface area contributed by atoms with Gasteiger partial charge in [-0.15, -0.1) is 11.3 Å². The standard InChI is InChI=1S/C14H16BrN3O2S/c1-20-13(19)9-18(8-12-6-17-14(16)21-12)7-10-3-2-4-11(15)5-10/h2-6H,7-9H2,1H3,(H2,16,17). The van der Waals surface area contributed by atoms with Crippen molar-refractivity contribution in [3.63, 3.8) is 0 Å². The van der Waals surface area contributed by atoms with Gasteiger partial charge in [-0.3, -0.25) is 9.69 Å². The molecule has 2 aromatic rings. The molecular formula is C14H16BrN3O2S. The first kappa shape index (κ1) is 15.9. The van der Waals surface area contributed by atoms with E-state index >= 15 is 0 Å². The zero-order valence-corrected chi connectivity index (χ0v) is 14.0. The Morgan fingerprint density at radius 1 is 1.48 bits per heavy atom. The predicted molar refractivity (Wildman–Crippen MR) is 86.8 cm³/mol. The summed E-state index contributed by atoms with van der Waals surface area (Å²) in [5, 5.41) is 0.533. The number of ether oxygens (including phenoxy) is 1. The molecule has 1 aromatic carbocycles. The van der Waals surface area contributed by atoms with E-state index in [4.69, 9.17) is 10.5 Å². The minimum absolute atomic E-state index is 0.223. The van der Waals surface area contributed by atoms with Gasteiger partial charge in [0.25, 0.3) is 0 Å². The number of thiazole rings is 1. The Hall–Kier alpha value is -1.44. The molecule has 0 fully saturated rings. The third kappa shape index (κ3) is 5.11. The van der Waals surface area contributed by atoms with E-state index in [1.807, 2.05) is 29.2 Å². The van der Waals surface area contributed by atoms with Crippen LogP contribution in [0.15, 0.2) is 34.9 Å². The van der Waals surface area contributed by atoms with Gasteiger partial charge < -0.3 is 10.5 Å². The van der Waals surface area contributed by atoms with Crippen LogP contribution in [0.1, 0.15) is 10.4 Å². The Morgan fingerprint density at radius 2 is 2.29 bits per heavy atom. The summed E-state index contributed by atoms with van der Waals surface area (Å²) in [6.45, 7) is 1.48. The Kier molecular flexibility index (Phi) is 5.72. The number of methoxy groups -OCH3 is 1. The fourth-order valence-corrected chi connectivity index (χ4v) is 3.10. The molecule has 0 saturated carbocycles. The van der Waals surface area contributed by atoms with E-state index < -0.39 is 0 Å². The number of hydrogen-bond donors (Lipinski definition) is 1. The summed E-state index contributed by atoms with van der Waals surface area (Å²) >= 11 is 4.88. The van der Waals surface area contributed by atoms with Gasteiger partial charge in [0.2, 0.25) is 0 Å². The molecule has 5 nitrogen and oxygen atoms in total. The van der Waals surface area contributed by atoms with Gasteiger partial charge in [-0.2, -0.15) is 0 Å². The van der Waals surface area contributed by atoms with Gasteiger partial charge in [0.05, 0.1) is 13.7 Å². The molecule has 1 heterocycles. The lowest BCUT2D eigenvalue weighted by molar-refractivity contribution is -0.142. The number of carbonyl (C=O) groups excluding carboxylic acids is 1. The van der Waals surface area contributed by atoms with E-state index in [1.54, 1.807) is 6.20 Å². The number of halogens is 1. The van der Waals surface area contributed by atoms with Crippen molar-refractivity contribution in [2.45, 2.75) is 13.1 Å². The third-order valence-corrected chi connectivity index (χ3v) is 4.13. The lowest BCUT2D eigenvalue weighted by Crippen LogP contribution is -2.29. The maximum atomic E-state index is 11.6. The van der Waals surface area contributed by atoms with Crippen molar-refractivity contribution >= 4 is 38.4 Å². The average molecular weight is 370 g/mol. The number of esters is 1. The van der Waals surface area contributed by atoms with Crippen LogP contribution >= 0.6 is 27.3 Å². The molecule has 0 aliphatic rings. The van der Waals surface area contributed by atoms with Crippen molar-refractivity contribution in [2.75, 3.05) is 19.4 Å². The topological polar surface area (TPSA) is 68.5 Å². The smallest absolute Gasteiger partial charge is 0.319 e. The maximum absolute atomic E-state index is 11.6. The second kappa shape index (κ2) is 7.53. The molecule has 0 aliphatic carbocycles. The van der Waals surface area contributed by atoms with Gasteiger partial charge in [-0.25, -0.2) is 4.98 Å². The Balaban J connectivity index is 2.09. The van der Waals surface area contributed by atoms with E-state index in [0.717, 1.165) is 14.9 Å². The molecule has 0 aliphatic heterocycles. The fourth-order valence-electron chi connectivity index (χ4n) is 1.92. The van der Waals surface area contributed by atoms with E-state index in [0.29, 0.717) is 18.2 Å². The zero-order chi connectivity index (χ0) is 15.2. The van der Waals surface area contributed by atoms with Crippen LogP contribution in [0.5, 0.6) is 0 Å². The number of aromatic nitrogens is 1. The second-order valence-electron chi connectivity index (χ2n) is 4.52. The van der Waals surface area contributed by atoms with Gasteiger partial charge in [0.1, 0.15) is 0 Å². The summed E-state index contributed by atoms with van der Waals surface area (Å²) < 4.78 is 5.77. The third-order valence-electron chi connectivity index (χ3n) is 2.83. The molecule has 0 saturated heterocycles. The predicted octanol–water partition coefficient (Wildman–Crippen LogP) is 2.66. The van der Waals surface area contributed by atoms with Crippen molar-refractivity contribution in [3.05, 3.63) is 45.4 Å². The summed E-state index contributed by atoms with van der Waals surface area (Å²) in [6, 6.07) is 8.00. The minimum atomic E-state index is -0.262. The Labute approximate surface area is 135 Å². The quantitative estimate of drug-likeness (QED) is 0.792. The Bertz CT molecular complexity index is 618. The first-order chi connectivity index (χ1) is 10.1. The van der Waals surface area contributed by atoms with Crippen LogP contribution in [0.2, 0.25) is 0 Å². The highest BCUT2D eigenvalue weighted by atomic mass is 79.9. The number of nitrogen functional groups attached to an aromatic ring is 1. The molecule has 0 unspecified atom stereocenters. The first-order valence-electron chi connectivity index (χ1n) is 6.30. The van der Waals surface area contributed by atoms with Crippen molar-refractivity contribution in [3.8, 4) is 0 Å². The van der Waals surface area contributed by atoms with Crippen molar-refractivity contribution in [2.24, 2.45) is 0 Å². The van der Waals surface area contributed by atoms with Crippen LogP contribution in [0.3, 0.4) is 0 Å². The largest absolute Gasteiger partial charge is 0.468 e. The molecule has 0 radical (unpaired) electrons. The number of hydrogen-bond acceptors (Lipinski definition) is 6. The minimum Gasteiger partial charge on any atom is -0.468 e. The van der Waals surface area contributed by atoms with Crippen molar-refractivity contribution < 1.29 is 9.53 Å². The van der Waals surface area contributed by atoms with Crippen LogP contribution < -0.4 is 5.73 Å². The Morgan fingerprint density at radius 3 is 2.90 bits per heavy atom. The number of benzene rings is 1. The van der Waals surface area contributed by atoms with Crippen LogP contribution in [0.4, 0.5) is 5.13 Å². The summed E-state index contributed by atoms with van der Waals surface area (Å²) in [7, 11) is 1.39. The molecule has 2 N–H and O–H groups in total. The van der Waals surface area contributed by atoms with Crippen LogP contribution in [0.25, 0.3) is 0 Å². The van der Waals surface area contributed by atoms with Gasteiger partial charge in [0.15, 0.2) is 5.13 Å². The number of anilines is 1. The highest BCUT2D eigenvalue weighted by molar-refractivity contribution is 9.10. The molecule has 112 valence electrons. The van der Waals surface area contributed by atoms with Gasteiger partial charge in [-0.1, -0.05) is 28.1 Å². The van der Waals surface area contributed by atoms with Crippen molar-refractivity contribution in [1.29, 1.82) is 0 Å². The fraction of sp³-hybridized carbons (Fsp3) is 0.286. The summed E-state index contributed by atoms with van der Waals surface area (Å²) in [5.41, 5.74) is 6.76. The molecular weight excluding hydrogens is 354 g/mol.